The van der Waals surface area contributed by atoms with Crippen LogP contribution in [0.4, 0.5) is 0 Å². The third-order valence-corrected chi connectivity index (χ3v) is 5.11. The quantitative estimate of drug-likeness (QED) is 0.839. The summed E-state index contributed by atoms with van der Waals surface area (Å²) in [5.41, 5.74) is 2.41. The molecule has 1 aromatic heterocycles. The molecular formula is C13H18ClN5O2S. The molecule has 0 saturated carbocycles. The van der Waals surface area contributed by atoms with Crippen LogP contribution >= 0.6 is 12.4 Å². The van der Waals surface area contributed by atoms with Gasteiger partial charge in [-0.05, 0) is 24.1 Å². The van der Waals surface area contributed by atoms with Crippen LogP contribution in [0.5, 0.6) is 0 Å². The molecule has 0 saturated heterocycles. The zero-order valence-corrected chi connectivity index (χ0v) is 13.7. The Balaban J connectivity index is 0.00000176. The number of fused-ring (bicyclic) bond motifs is 1. The van der Waals surface area contributed by atoms with E-state index in [1.54, 1.807) is 7.05 Å². The third-order valence-electron chi connectivity index (χ3n) is 3.64. The van der Waals surface area contributed by atoms with Gasteiger partial charge in [0.2, 0.25) is 0 Å². The largest absolute Gasteiger partial charge is 0.308 e. The van der Waals surface area contributed by atoms with E-state index in [1.165, 1.54) is 16.4 Å². The number of nitrogens with zero attached hydrogens (tertiary/aromatic N) is 3. The highest BCUT2D eigenvalue weighted by Gasteiger charge is 2.23. The average Bonchev–Trinajstić information content (AvgIpc) is 2.92. The van der Waals surface area contributed by atoms with E-state index < -0.39 is 10.0 Å². The minimum absolute atomic E-state index is 0. The molecule has 22 heavy (non-hydrogen) atoms. The number of rotatable bonds is 4. The molecule has 0 radical (unpaired) electrons. The summed E-state index contributed by atoms with van der Waals surface area (Å²) in [4.78, 5) is 0. The second kappa shape index (κ2) is 6.74. The molecule has 1 atom stereocenters. The zero-order chi connectivity index (χ0) is 14.9. The molecule has 7 nitrogen and oxygen atoms in total. The van der Waals surface area contributed by atoms with Crippen LogP contribution in [-0.4, -0.2) is 36.5 Å². The molecule has 0 fully saturated rings. The van der Waals surface area contributed by atoms with Crippen LogP contribution in [0.1, 0.15) is 17.2 Å². The van der Waals surface area contributed by atoms with Gasteiger partial charge in [0.25, 0.3) is 10.0 Å². The van der Waals surface area contributed by atoms with Crippen LogP contribution in [0.15, 0.2) is 35.5 Å². The highest BCUT2D eigenvalue weighted by Crippen LogP contribution is 2.22. The number of benzene rings is 1. The number of aryl methyl sites for hydroxylation is 1. The first-order valence-electron chi connectivity index (χ1n) is 6.73. The molecular weight excluding hydrogens is 326 g/mol. The maximum Gasteiger partial charge on any atom is 0.259 e. The predicted octanol–water partition coefficient (Wildman–Crippen LogP) is 0.402. The second-order valence-electron chi connectivity index (χ2n) is 5.00. The minimum Gasteiger partial charge on any atom is -0.308 e. The van der Waals surface area contributed by atoms with E-state index in [4.69, 9.17) is 0 Å². The van der Waals surface area contributed by atoms with Gasteiger partial charge in [0, 0.05) is 19.6 Å². The Bertz CT molecular complexity index is 746. The number of hydrogen-bond acceptors (Lipinski definition) is 5. The van der Waals surface area contributed by atoms with Gasteiger partial charge in [0.05, 0.1) is 6.20 Å². The van der Waals surface area contributed by atoms with Crippen LogP contribution < -0.4 is 10.0 Å². The summed E-state index contributed by atoms with van der Waals surface area (Å²) in [6.07, 6.45) is 2.20. The first-order chi connectivity index (χ1) is 10.1. The first kappa shape index (κ1) is 16.9. The fourth-order valence-electron chi connectivity index (χ4n) is 2.57. The lowest BCUT2D eigenvalue weighted by atomic mass is 9.95. The van der Waals surface area contributed by atoms with Gasteiger partial charge < -0.3 is 5.32 Å². The Morgan fingerprint density at radius 3 is 2.91 bits per heavy atom. The minimum atomic E-state index is -3.60. The standard InChI is InChI=1S/C13H17N5O2S.ClH/c1-18-13(9-15-17-18)21(19,20)16-8-12-11-5-3-2-4-10(11)6-7-14-12;/h2-5,9,12,14,16H,6-8H2,1H3;1H. The Labute approximate surface area is 135 Å². The summed E-state index contributed by atoms with van der Waals surface area (Å²) in [6.45, 7) is 1.14. The average molecular weight is 344 g/mol. The summed E-state index contributed by atoms with van der Waals surface area (Å²) < 4.78 is 28.3. The number of aromatic nitrogens is 3. The molecule has 1 unspecified atom stereocenters. The monoisotopic (exact) mass is 343 g/mol. The smallest absolute Gasteiger partial charge is 0.259 e. The van der Waals surface area contributed by atoms with Crippen molar-refractivity contribution < 1.29 is 8.42 Å². The summed E-state index contributed by atoms with van der Waals surface area (Å²) in [6, 6.07) is 8.07. The van der Waals surface area contributed by atoms with Gasteiger partial charge in [-0.2, -0.15) is 0 Å². The van der Waals surface area contributed by atoms with Gasteiger partial charge in [0.15, 0.2) is 5.03 Å². The number of sulfonamides is 1. The maximum atomic E-state index is 12.2. The molecule has 3 rings (SSSR count). The molecule has 9 heteroatoms. The van der Waals surface area contributed by atoms with E-state index in [-0.39, 0.29) is 23.5 Å². The summed E-state index contributed by atoms with van der Waals surface area (Å²) in [5.74, 6) is 0. The highest BCUT2D eigenvalue weighted by atomic mass is 35.5. The number of halogens is 1. The van der Waals surface area contributed by atoms with Crippen molar-refractivity contribution in [3.05, 3.63) is 41.6 Å². The molecule has 2 heterocycles. The van der Waals surface area contributed by atoms with Crippen molar-refractivity contribution in [1.29, 1.82) is 0 Å². The van der Waals surface area contributed by atoms with Gasteiger partial charge in [-0.15, -0.1) is 17.5 Å². The Kier molecular flexibility index (Phi) is 5.17. The molecule has 0 spiro atoms. The van der Waals surface area contributed by atoms with Crippen molar-refractivity contribution in [3.63, 3.8) is 0 Å². The van der Waals surface area contributed by atoms with Crippen molar-refractivity contribution in [1.82, 2.24) is 25.0 Å². The van der Waals surface area contributed by atoms with E-state index in [0.29, 0.717) is 6.54 Å². The summed E-state index contributed by atoms with van der Waals surface area (Å²) in [7, 11) is -2.05. The van der Waals surface area contributed by atoms with Crippen molar-refractivity contribution in [2.24, 2.45) is 7.05 Å². The topological polar surface area (TPSA) is 88.9 Å². The van der Waals surface area contributed by atoms with Crippen molar-refractivity contribution in [2.45, 2.75) is 17.5 Å². The van der Waals surface area contributed by atoms with Crippen molar-refractivity contribution in [2.75, 3.05) is 13.1 Å². The lowest BCUT2D eigenvalue weighted by Crippen LogP contribution is -2.39. The van der Waals surface area contributed by atoms with Crippen molar-refractivity contribution >= 4 is 22.4 Å². The summed E-state index contributed by atoms with van der Waals surface area (Å²) >= 11 is 0. The summed E-state index contributed by atoms with van der Waals surface area (Å²) in [5, 5.41) is 10.6. The van der Waals surface area contributed by atoms with Crippen LogP contribution in [0.3, 0.4) is 0 Å². The van der Waals surface area contributed by atoms with Crippen LogP contribution in [0.25, 0.3) is 0 Å². The molecule has 0 aliphatic carbocycles. The predicted molar refractivity (Wildman–Crippen MR) is 84.3 cm³/mol. The van der Waals surface area contributed by atoms with Crippen LogP contribution in [0, 0.1) is 0 Å². The Morgan fingerprint density at radius 2 is 2.18 bits per heavy atom. The lowest BCUT2D eigenvalue weighted by Gasteiger charge is -2.27. The molecule has 0 amide bonds. The van der Waals surface area contributed by atoms with Crippen molar-refractivity contribution in [3.8, 4) is 0 Å². The molecule has 2 N–H and O–H groups in total. The third kappa shape index (κ3) is 3.30. The fraction of sp³-hybridized carbons (Fsp3) is 0.385. The van der Waals surface area contributed by atoms with Crippen LogP contribution in [-0.2, 0) is 23.5 Å². The van der Waals surface area contributed by atoms with Gasteiger partial charge in [-0.1, -0.05) is 29.5 Å². The first-order valence-corrected chi connectivity index (χ1v) is 8.22. The fourth-order valence-corrected chi connectivity index (χ4v) is 3.67. The molecule has 1 aliphatic rings. The van der Waals surface area contributed by atoms with E-state index in [0.717, 1.165) is 18.5 Å². The number of hydrogen-bond donors (Lipinski definition) is 2. The lowest BCUT2D eigenvalue weighted by molar-refractivity contribution is 0.489. The Hall–Kier alpha value is -1.48. The van der Waals surface area contributed by atoms with Gasteiger partial charge >= 0.3 is 0 Å². The van der Waals surface area contributed by atoms with E-state index >= 15 is 0 Å². The molecule has 2 aromatic rings. The van der Waals surface area contributed by atoms with Crippen LogP contribution in [0.2, 0.25) is 0 Å². The van der Waals surface area contributed by atoms with Gasteiger partial charge in [0.1, 0.15) is 0 Å². The van der Waals surface area contributed by atoms with Gasteiger partial charge in [-0.3, -0.25) is 0 Å². The normalized spacial score (nSPS) is 17.6. The maximum absolute atomic E-state index is 12.2. The highest BCUT2D eigenvalue weighted by molar-refractivity contribution is 7.89. The SMILES string of the molecule is Cl.Cn1nncc1S(=O)(=O)NCC1NCCc2ccccc21. The zero-order valence-electron chi connectivity index (χ0n) is 12.1. The van der Waals surface area contributed by atoms with E-state index in [1.807, 2.05) is 18.2 Å². The molecule has 0 bridgehead atoms. The van der Waals surface area contributed by atoms with Gasteiger partial charge in [-0.25, -0.2) is 17.8 Å². The molecule has 120 valence electrons. The Morgan fingerprint density at radius 1 is 1.41 bits per heavy atom. The van der Waals surface area contributed by atoms with E-state index in [2.05, 4.69) is 26.4 Å². The van der Waals surface area contributed by atoms with E-state index in [9.17, 15) is 8.42 Å². The molecule has 1 aromatic carbocycles. The molecule has 1 aliphatic heterocycles. The number of nitrogens with one attached hydrogen (secondary N) is 2. The second-order valence-corrected chi connectivity index (χ2v) is 6.72.